The standard InChI is InChI=1S/C12H9F3S.C9H7BrO4/c13-12(14,15)11-7-6-10(16-11)8-9-4-2-1-3-5-9;1-4-6(8(11)12)2-5(10)3-7(4)9(13)14/h1-7H,8H2;2-3H,1H3,(H,11,12)(H,13,14). The Morgan fingerprint density at radius 3 is 1.93 bits per heavy atom. The fourth-order valence-electron chi connectivity index (χ4n) is 2.55. The topological polar surface area (TPSA) is 74.6 Å². The van der Waals surface area contributed by atoms with Crippen molar-refractivity contribution >= 4 is 39.2 Å². The molecule has 3 aromatic rings. The molecule has 0 aliphatic heterocycles. The molecule has 0 spiro atoms. The summed E-state index contributed by atoms with van der Waals surface area (Å²) in [5, 5.41) is 17.6. The number of rotatable bonds is 4. The number of carbonyl (C=O) groups is 2. The first-order chi connectivity index (χ1) is 14.0. The molecule has 0 radical (unpaired) electrons. The number of thiophene rings is 1. The Morgan fingerprint density at radius 1 is 0.967 bits per heavy atom. The van der Waals surface area contributed by atoms with Crippen LogP contribution in [0, 0.1) is 6.92 Å². The van der Waals surface area contributed by atoms with Crippen LogP contribution in [-0.4, -0.2) is 22.2 Å². The van der Waals surface area contributed by atoms with Crippen molar-refractivity contribution in [1.29, 1.82) is 0 Å². The van der Waals surface area contributed by atoms with Crippen LogP contribution in [0.15, 0.2) is 59.1 Å². The lowest BCUT2D eigenvalue weighted by Gasteiger charge is -2.05. The van der Waals surface area contributed by atoms with Crippen molar-refractivity contribution in [2.75, 3.05) is 0 Å². The maximum absolute atomic E-state index is 12.4. The molecule has 2 N–H and O–H groups in total. The summed E-state index contributed by atoms with van der Waals surface area (Å²) >= 11 is 3.87. The number of aromatic carboxylic acids is 2. The van der Waals surface area contributed by atoms with Gasteiger partial charge in [0.1, 0.15) is 4.88 Å². The second kappa shape index (κ2) is 9.90. The lowest BCUT2D eigenvalue weighted by Crippen LogP contribution is -2.07. The first-order valence-corrected chi connectivity index (χ1v) is 10.1. The largest absolute Gasteiger partial charge is 0.478 e. The molecule has 0 aliphatic rings. The van der Waals surface area contributed by atoms with Gasteiger partial charge in [-0.25, -0.2) is 9.59 Å². The zero-order chi connectivity index (χ0) is 22.5. The van der Waals surface area contributed by atoms with E-state index in [9.17, 15) is 22.8 Å². The van der Waals surface area contributed by atoms with Crippen molar-refractivity contribution in [3.63, 3.8) is 0 Å². The van der Waals surface area contributed by atoms with Crippen LogP contribution in [0.25, 0.3) is 0 Å². The molecule has 1 heterocycles. The smallest absolute Gasteiger partial charge is 0.425 e. The van der Waals surface area contributed by atoms with Gasteiger partial charge in [0.15, 0.2) is 0 Å². The van der Waals surface area contributed by atoms with E-state index in [1.54, 1.807) is 6.07 Å². The molecule has 0 saturated carbocycles. The summed E-state index contributed by atoms with van der Waals surface area (Å²) in [5.74, 6) is -2.27. The number of carboxylic acids is 2. The molecule has 2 aromatic carbocycles. The highest BCUT2D eigenvalue weighted by Crippen LogP contribution is 2.35. The SMILES string of the molecule is Cc1c(C(=O)O)cc(Br)cc1C(=O)O.FC(F)(F)c1ccc(Cc2ccccc2)s1. The average molecular weight is 501 g/mol. The summed E-state index contributed by atoms with van der Waals surface area (Å²) in [6.45, 7) is 1.47. The molecule has 9 heteroatoms. The van der Waals surface area contributed by atoms with Gasteiger partial charge in [-0.2, -0.15) is 13.2 Å². The van der Waals surface area contributed by atoms with Gasteiger partial charge in [0.2, 0.25) is 0 Å². The zero-order valence-electron chi connectivity index (χ0n) is 15.5. The molecule has 0 aliphatic carbocycles. The van der Waals surface area contributed by atoms with E-state index in [-0.39, 0.29) is 16.7 Å². The molecule has 4 nitrogen and oxygen atoms in total. The first-order valence-electron chi connectivity index (χ1n) is 8.45. The van der Waals surface area contributed by atoms with Gasteiger partial charge in [0.05, 0.1) is 11.1 Å². The number of hydrogen-bond acceptors (Lipinski definition) is 3. The van der Waals surface area contributed by atoms with Crippen molar-refractivity contribution in [3.8, 4) is 0 Å². The van der Waals surface area contributed by atoms with Crippen LogP contribution in [0.1, 0.15) is 41.6 Å². The fraction of sp³-hybridized carbons (Fsp3) is 0.143. The van der Waals surface area contributed by atoms with E-state index in [2.05, 4.69) is 15.9 Å². The molecule has 158 valence electrons. The van der Waals surface area contributed by atoms with Crippen LogP contribution in [0.5, 0.6) is 0 Å². The summed E-state index contributed by atoms with van der Waals surface area (Å²) in [6.07, 6.45) is -3.67. The van der Waals surface area contributed by atoms with Gasteiger partial charge in [-0.15, -0.1) is 11.3 Å². The second-order valence-electron chi connectivity index (χ2n) is 6.16. The van der Waals surface area contributed by atoms with Gasteiger partial charge in [-0.1, -0.05) is 46.3 Å². The van der Waals surface area contributed by atoms with E-state index in [0.29, 0.717) is 10.9 Å². The third-order valence-corrected chi connectivity index (χ3v) is 5.58. The Hall–Kier alpha value is -2.65. The zero-order valence-corrected chi connectivity index (χ0v) is 17.9. The van der Waals surface area contributed by atoms with Gasteiger partial charge >= 0.3 is 18.1 Å². The molecular formula is C21H16BrF3O4S. The van der Waals surface area contributed by atoms with Crippen molar-refractivity contribution in [1.82, 2.24) is 0 Å². The number of hydrogen-bond donors (Lipinski definition) is 2. The maximum Gasteiger partial charge on any atom is 0.425 e. The number of carboxylic acid groups (broad SMARTS) is 2. The third-order valence-electron chi connectivity index (χ3n) is 4.00. The minimum Gasteiger partial charge on any atom is -0.478 e. The van der Waals surface area contributed by atoms with E-state index < -0.39 is 23.0 Å². The predicted octanol–water partition coefficient (Wildman–Crippen LogP) is 6.51. The molecule has 3 rings (SSSR count). The molecule has 30 heavy (non-hydrogen) atoms. The summed E-state index contributed by atoms with van der Waals surface area (Å²) in [7, 11) is 0. The first kappa shape index (κ1) is 23.6. The van der Waals surface area contributed by atoms with Crippen LogP contribution in [0.2, 0.25) is 0 Å². The summed E-state index contributed by atoms with van der Waals surface area (Å²) in [5.41, 5.74) is 1.28. The fourth-order valence-corrected chi connectivity index (χ4v) is 3.91. The Balaban J connectivity index is 0.000000216. The van der Waals surface area contributed by atoms with E-state index in [4.69, 9.17) is 10.2 Å². The highest BCUT2D eigenvalue weighted by atomic mass is 79.9. The number of halogens is 4. The van der Waals surface area contributed by atoms with Crippen LogP contribution in [0.4, 0.5) is 13.2 Å². The van der Waals surface area contributed by atoms with Gasteiger partial charge in [0.25, 0.3) is 0 Å². The van der Waals surface area contributed by atoms with Crippen LogP contribution in [-0.2, 0) is 12.6 Å². The number of benzene rings is 2. The molecule has 0 unspecified atom stereocenters. The third kappa shape index (κ3) is 6.43. The minimum atomic E-state index is -4.22. The maximum atomic E-state index is 12.4. The average Bonchev–Trinajstić information content (AvgIpc) is 3.13. The van der Waals surface area contributed by atoms with Gasteiger partial charge < -0.3 is 10.2 Å². The predicted molar refractivity (Wildman–Crippen MR) is 111 cm³/mol. The van der Waals surface area contributed by atoms with Crippen LogP contribution < -0.4 is 0 Å². The molecular weight excluding hydrogens is 485 g/mol. The van der Waals surface area contributed by atoms with E-state index in [1.807, 2.05) is 30.3 Å². The molecule has 0 bridgehead atoms. The van der Waals surface area contributed by atoms with Gasteiger partial charge in [0, 0.05) is 15.8 Å². The van der Waals surface area contributed by atoms with E-state index in [1.165, 1.54) is 19.1 Å². The molecule has 0 atom stereocenters. The molecule has 0 fully saturated rings. The highest BCUT2D eigenvalue weighted by Gasteiger charge is 2.32. The Morgan fingerprint density at radius 2 is 1.50 bits per heavy atom. The lowest BCUT2D eigenvalue weighted by atomic mass is 10.0. The minimum absolute atomic E-state index is 0.00299. The summed E-state index contributed by atoms with van der Waals surface area (Å²) < 4.78 is 37.5. The van der Waals surface area contributed by atoms with Crippen LogP contribution in [0.3, 0.4) is 0 Å². The van der Waals surface area contributed by atoms with E-state index >= 15 is 0 Å². The Kier molecular flexibility index (Phi) is 7.80. The van der Waals surface area contributed by atoms with Gasteiger partial charge in [-0.3, -0.25) is 0 Å². The molecule has 0 amide bonds. The normalized spacial score (nSPS) is 10.8. The lowest BCUT2D eigenvalue weighted by molar-refractivity contribution is -0.134. The molecule has 1 aromatic heterocycles. The van der Waals surface area contributed by atoms with Crippen molar-refractivity contribution < 1.29 is 33.0 Å². The van der Waals surface area contributed by atoms with Crippen molar-refractivity contribution in [2.45, 2.75) is 19.5 Å². The van der Waals surface area contributed by atoms with Crippen molar-refractivity contribution in [2.24, 2.45) is 0 Å². The summed E-state index contributed by atoms with van der Waals surface area (Å²) in [6, 6.07) is 14.9. The molecule has 0 saturated heterocycles. The Bertz CT molecular complexity index is 1010. The van der Waals surface area contributed by atoms with Gasteiger partial charge in [-0.05, 0) is 42.3 Å². The monoisotopic (exact) mass is 500 g/mol. The van der Waals surface area contributed by atoms with Crippen LogP contribution >= 0.6 is 27.3 Å². The Labute approximate surface area is 182 Å². The highest BCUT2D eigenvalue weighted by molar-refractivity contribution is 9.10. The van der Waals surface area contributed by atoms with Crippen molar-refractivity contribution in [3.05, 3.63) is 91.1 Å². The second-order valence-corrected chi connectivity index (χ2v) is 8.25. The quantitative estimate of drug-likeness (QED) is 0.428. The summed E-state index contributed by atoms with van der Waals surface area (Å²) in [4.78, 5) is 21.7. The number of alkyl halides is 3. The van der Waals surface area contributed by atoms with E-state index in [0.717, 1.165) is 27.8 Å².